The molecule has 1 N–H and O–H groups in total. The summed E-state index contributed by atoms with van der Waals surface area (Å²) in [5.74, 6) is 0. The van der Waals surface area contributed by atoms with Gasteiger partial charge in [-0.1, -0.05) is 72.8 Å². The van der Waals surface area contributed by atoms with Crippen LogP contribution in [-0.2, 0) is 46.2 Å². The zero-order chi connectivity index (χ0) is 41.2. The number of pyridine rings is 1. The Kier molecular flexibility index (Phi) is 12.5. The molecule has 0 unspecified atom stereocenters. The van der Waals surface area contributed by atoms with Gasteiger partial charge in [0, 0.05) is 40.5 Å². The maximum absolute atomic E-state index is 15.0. The van der Waals surface area contributed by atoms with E-state index in [-0.39, 0.29) is 4.73 Å². The highest BCUT2D eigenvalue weighted by Crippen LogP contribution is 2.54. The van der Waals surface area contributed by atoms with Gasteiger partial charge in [0.2, 0.25) is 11.4 Å². The summed E-state index contributed by atoms with van der Waals surface area (Å²) >= 11 is 0. The van der Waals surface area contributed by atoms with Gasteiger partial charge in [-0.25, -0.2) is 0 Å². The van der Waals surface area contributed by atoms with Crippen molar-refractivity contribution in [2.75, 3.05) is 7.11 Å². The molecule has 0 saturated carbocycles. The van der Waals surface area contributed by atoms with Crippen LogP contribution >= 0.6 is 14.3 Å². The smallest absolute Gasteiger partial charge is 0.417 e. The predicted molar refractivity (Wildman–Crippen MR) is 180 cm³/mol. The lowest BCUT2D eigenvalue weighted by Gasteiger charge is -2.26. The van der Waals surface area contributed by atoms with E-state index < -0.39 is 106 Å². The number of hydrogen-bond acceptors (Lipinski definition) is 4. The minimum atomic E-state index is -5.25. The molecule has 1 aromatic heterocycles. The summed E-state index contributed by atoms with van der Waals surface area (Å²) in [6.45, 7) is 0. The van der Waals surface area contributed by atoms with E-state index in [4.69, 9.17) is 5.11 Å². The third kappa shape index (κ3) is 8.95. The molecule has 0 spiro atoms. The molecule has 294 valence electrons. The summed E-state index contributed by atoms with van der Waals surface area (Å²) in [4.78, 5) is 0. The molecule has 5 rings (SSSR count). The van der Waals surface area contributed by atoms with Crippen LogP contribution in [0.25, 0.3) is 0 Å². The second-order valence-electron chi connectivity index (χ2n) is 11.7. The first-order valence-corrected chi connectivity index (χ1v) is 19.3. The van der Waals surface area contributed by atoms with Gasteiger partial charge in [-0.3, -0.25) is 0 Å². The highest BCUT2D eigenvalue weighted by molar-refractivity contribution is 7.78. The van der Waals surface area contributed by atoms with Crippen LogP contribution in [0, 0.1) is 5.21 Å². The lowest BCUT2D eigenvalue weighted by molar-refractivity contribution is -0.620. The molecule has 55 heavy (non-hydrogen) atoms. The molecule has 0 aliphatic carbocycles. The Labute approximate surface area is 305 Å². The van der Waals surface area contributed by atoms with Gasteiger partial charge in [0.15, 0.2) is 14.3 Å². The number of halogens is 12. The summed E-state index contributed by atoms with van der Waals surface area (Å²) < 4.78 is 201. The van der Waals surface area contributed by atoms with Gasteiger partial charge in [0.1, 0.15) is 0 Å². The molecule has 5 nitrogen and oxygen atoms in total. The lowest BCUT2D eigenvalue weighted by atomic mass is 10.2. The van der Waals surface area contributed by atoms with Gasteiger partial charge < -0.3 is 19.4 Å². The van der Waals surface area contributed by atoms with Crippen LogP contribution in [0.1, 0.15) is 33.6 Å². The molecule has 0 saturated heterocycles. The largest absolute Gasteiger partial charge is 0.618 e. The van der Waals surface area contributed by atoms with E-state index in [9.17, 15) is 67.0 Å². The molecule has 0 amide bonds. The Hall–Kier alpha value is -4.59. The van der Waals surface area contributed by atoms with Crippen molar-refractivity contribution in [3.8, 4) is 0 Å². The first kappa shape index (κ1) is 43.1. The number of hydrogen-bond donors (Lipinski definition) is 1. The van der Waals surface area contributed by atoms with Crippen LogP contribution in [0.3, 0.4) is 0 Å². The quantitative estimate of drug-likeness (QED) is 0.0734. The SMILES string of the molecule is CO.O=P(Cc1cccc(CP(=O)(c2ccccc2C(F)(F)F)c2ccccc2C(F)(F)F)[n+]1[O-])(c1ccccc1C(F)(F)F)c1ccccc1C(F)(F)F. The highest BCUT2D eigenvalue weighted by atomic mass is 31.2. The Morgan fingerprint density at radius 2 is 0.655 bits per heavy atom. The Morgan fingerprint density at radius 3 is 0.873 bits per heavy atom. The molecule has 0 fully saturated rings. The number of benzene rings is 4. The normalized spacial score (nSPS) is 12.9. The minimum Gasteiger partial charge on any atom is -0.618 e. The summed E-state index contributed by atoms with van der Waals surface area (Å²) in [6, 6.07) is 14.9. The van der Waals surface area contributed by atoms with Crippen molar-refractivity contribution in [3.05, 3.63) is 154 Å². The maximum Gasteiger partial charge on any atom is 0.417 e. The van der Waals surface area contributed by atoms with Gasteiger partial charge in [0.25, 0.3) is 0 Å². The van der Waals surface area contributed by atoms with Gasteiger partial charge >= 0.3 is 24.7 Å². The van der Waals surface area contributed by atoms with Gasteiger partial charge in [0.05, 0.1) is 34.6 Å². The topological polar surface area (TPSA) is 81.3 Å². The number of nitrogens with zero attached hydrogens (tertiary/aromatic N) is 1. The second kappa shape index (κ2) is 15.9. The zero-order valence-electron chi connectivity index (χ0n) is 27.9. The van der Waals surface area contributed by atoms with Crippen LogP contribution in [-0.4, -0.2) is 12.2 Å². The highest BCUT2D eigenvalue weighted by Gasteiger charge is 2.48. The third-order valence-electron chi connectivity index (χ3n) is 8.26. The van der Waals surface area contributed by atoms with Crippen LogP contribution in [0.4, 0.5) is 52.7 Å². The van der Waals surface area contributed by atoms with Crippen molar-refractivity contribution in [2.45, 2.75) is 37.0 Å². The fraction of sp³-hybridized carbons (Fsp3) is 0.194. The van der Waals surface area contributed by atoms with Gasteiger partial charge in [-0.2, -0.15) is 57.4 Å². The van der Waals surface area contributed by atoms with Gasteiger partial charge in [-0.05, 0) is 30.3 Å². The van der Waals surface area contributed by atoms with E-state index in [1.807, 2.05) is 0 Å². The fourth-order valence-corrected chi connectivity index (χ4v) is 12.2. The van der Waals surface area contributed by atoms with Crippen LogP contribution in [0.5, 0.6) is 0 Å². The number of alkyl halides is 12. The standard InChI is InChI=1S/C35H23F12NO3P2.CH4O/c36-32(37,38)24-12-1-5-16-28(24)52(50,29-17-6-2-13-25(29)33(39,40)41)20-22-10-9-11-23(48(22)49)21-53(51,30-18-7-3-14-26(30)34(42,43)44)31-19-8-4-15-27(31)35(45,46)47;1-2/h1-19H,20-21H2;2H,1H3. The monoisotopic (exact) mass is 827 g/mol. The molecule has 19 heteroatoms. The summed E-state index contributed by atoms with van der Waals surface area (Å²) in [5, 5.41) is 16.6. The number of aromatic nitrogens is 1. The molecule has 0 aliphatic rings. The van der Waals surface area contributed by atoms with E-state index in [2.05, 4.69) is 0 Å². The van der Waals surface area contributed by atoms with Crippen LogP contribution in [0.15, 0.2) is 115 Å². The molecule has 0 aliphatic heterocycles. The summed E-state index contributed by atoms with van der Waals surface area (Å²) in [5.41, 5.74) is -7.87. The molecule has 5 aromatic rings. The van der Waals surface area contributed by atoms with Crippen molar-refractivity contribution in [2.24, 2.45) is 0 Å². The van der Waals surface area contributed by atoms with Crippen molar-refractivity contribution in [1.82, 2.24) is 0 Å². The Morgan fingerprint density at radius 1 is 0.436 bits per heavy atom. The molecular weight excluding hydrogens is 800 g/mol. The van der Waals surface area contributed by atoms with Gasteiger partial charge in [-0.15, -0.1) is 0 Å². The maximum atomic E-state index is 15.0. The second-order valence-corrected chi connectivity index (χ2v) is 17.2. The molecular formula is C36H27F12NO4P2. The van der Waals surface area contributed by atoms with Crippen molar-refractivity contribution in [1.29, 1.82) is 0 Å². The van der Waals surface area contributed by atoms with E-state index in [1.54, 1.807) is 0 Å². The van der Waals surface area contributed by atoms with E-state index in [0.29, 0.717) is 48.5 Å². The van der Waals surface area contributed by atoms with Crippen molar-refractivity contribution < 1.29 is 71.7 Å². The van der Waals surface area contributed by atoms with E-state index in [1.165, 1.54) is 0 Å². The third-order valence-corrected chi connectivity index (χ3v) is 14.5. The zero-order valence-corrected chi connectivity index (χ0v) is 29.7. The number of aliphatic hydroxyl groups is 1. The lowest BCUT2D eigenvalue weighted by Crippen LogP contribution is -2.40. The Bertz CT molecular complexity index is 1970. The van der Waals surface area contributed by atoms with Crippen LogP contribution < -0.4 is 25.9 Å². The predicted octanol–water partition coefficient (Wildman–Crippen LogP) is 9.03. The molecule has 0 atom stereocenters. The van der Waals surface area contributed by atoms with Crippen LogP contribution in [0.2, 0.25) is 0 Å². The van der Waals surface area contributed by atoms with E-state index in [0.717, 1.165) is 73.8 Å². The summed E-state index contributed by atoms with van der Waals surface area (Å²) in [7, 11) is -9.43. The van der Waals surface area contributed by atoms with Crippen molar-refractivity contribution >= 4 is 35.5 Å². The van der Waals surface area contributed by atoms with Crippen molar-refractivity contribution in [3.63, 3.8) is 0 Å². The average molecular weight is 828 g/mol. The molecule has 4 aromatic carbocycles. The number of aliphatic hydroxyl groups excluding tert-OH is 1. The summed E-state index contributed by atoms with van der Waals surface area (Å²) in [6.07, 6.45) is -23.7. The molecule has 1 heterocycles. The fourth-order valence-electron chi connectivity index (χ4n) is 5.99. The average Bonchev–Trinajstić information content (AvgIpc) is 3.12. The Balaban J connectivity index is 0.00000331. The molecule has 0 bridgehead atoms. The molecule has 0 radical (unpaired) electrons. The first-order valence-electron chi connectivity index (χ1n) is 15.5. The minimum absolute atomic E-state index is 0.196. The first-order chi connectivity index (χ1) is 25.5. The van der Waals surface area contributed by atoms with E-state index >= 15 is 0 Å². The number of rotatable bonds is 8.